The Labute approximate surface area is 299 Å². The van der Waals surface area contributed by atoms with E-state index in [9.17, 15) is 9.59 Å². The predicted molar refractivity (Wildman–Crippen MR) is 201 cm³/mol. The van der Waals surface area contributed by atoms with Crippen molar-refractivity contribution >= 4 is 40.8 Å². The van der Waals surface area contributed by atoms with Crippen LogP contribution >= 0.6 is 0 Å². The minimum absolute atomic E-state index is 0.147. The van der Waals surface area contributed by atoms with Gasteiger partial charge in [-0.2, -0.15) is 0 Å². The number of nitrogens with zero attached hydrogens (tertiary/aromatic N) is 3. The first-order valence-electron chi connectivity index (χ1n) is 18.6. The second-order valence-electron chi connectivity index (χ2n) is 14.9. The fourth-order valence-electron chi connectivity index (χ4n) is 8.81. The number of likely N-dealkylation sites (tertiary alicyclic amines) is 1. The van der Waals surface area contributed by atoms with E-state index in [4.69, 9.17) is 0 Å². The van der Waals surface area contributed by atoms with Crippen LogP contribution in [0.25, 0.3) is 11.3 Å². The highest BCUT2D eigenvalue weighted by molar-refractivity contribution is 6.04. The summed E-state index contributed by atoms with van der Waals surface area (Å²) < 4.78 is 15.7. The number of anilines is 2. The van der Waals surface area contributed by atoms with Gasteiger partial charge < -0.3 is 25.8 Å². The summed E-state index contributed by atoms with van der Waals surface area (Å²) >= 11 is 0. The number of halogens is 1. The van der Waals surface area contributed by atoms with E-state index >= 15 is 4.39 Å². The van der Waals surface area contributed by atoms with E-state index in [1.54, 1.807) is 6.34 Å². The number of nitrogens with one attached hydrogen (secondary N) is 4. The molecule has 3 aromatic rings. The largest absolute Gasteiger partial charge is 0.371 e. The van der Waals surface area contributed by atoms with Gasteiger partial charge in [-0.25, -0.2) is 9.38 Å². The smallest absolute Gasteiger partial charge is 0.234 e. The van der Waals surface area contributed by atoms with Crippen molar-refractivity contribution in [3.63, 3.8) is 0 Å². The molecule has 266 valence electrons. The number of piperidine rings is 3. The highest BCUT2D eigenvalue weighted by Gasteiger charge is 2.34. The van der Waals surface area contributed by atoms with Gasteiger partial charge in [0.25, 0.3) is 0 Å². The van der Waals surface area contributed by atoms with Crippen LogP contribution in [0.4, 0.5) is 15.8 Å². The summed E-state index contributed by atoms with van der Waals surface area (Å²) in [6.07, 6.45) is 7.21. The van der Waals surface area contributed by atoms with E-state index in [2.05, 4.69) is 78.5 Å². The minimum Gasteiger partial charge on any atom is -0.371 e. The standard InChI is InChI=1S/C41H48FN7O2/c1-25-30(22-43-2)7-9-34(38(25)42)39-37-33-10-8-31(21-35(33)46-40(37)45-24-44-39)49-19-13-26(14-20-49)23-48-17-15-28(16-18-48)27-3-5-29(6-4-27)32-11-12-36(50)47-41(32)51/h3-10,21,24,26,28,32,40,43,46H,11-20,22-23H2,1-2H3,(H,44,45)(H,47,50,51). The zero-order chi connectivity index (χ0) is 35.1. The van der Waals surface area contributed by atoms with Gasteiger partial charge in [-0.1, -0.05) is 36.4 Å². The molecule has 3 aromatic carbocycles. The number of carbonyl (C=O) groups is 2. The Hall–Kier alpha value is -4.54. The average molecular weight is 690 g/mol. The molecule has 0 radical (unpaired) electrons. The fourth-order valence-corrected chi connectivity index (χ4v) is 8.81. The first-order valence-corrected chi connectivity index (χ1v) is 18.6. The first-order chi connectivity index (χ1) is 24.9. The highest BCUT2D eigenvalue weighted by Crippen LogP contribution is 2.43. The monoisotopic (exact) mass is 689 g/mol. The normalized spacial score (nSPS) is 22.8. The van der Waals surface area contributed by atoms with Gasteiger partial charge in [0.1, 0.15) is 12.0 Å². The number of benzene rings is 3. The average Bonchev–Trinajstić information content (AvgIpc) is 3.53. The number of fused-ring (bicyclic) bond motifs is 3. The maximum atomic E-state index is 15.7. The summed E-state index contributed by atoms with van der Waals surface area (Å²) in [6.45, 7) is 7.96. The SMILES string of the molecule is CNCc1ccc(C2=C3c4ccc(N5CCC(CN6CCC(c7ccc(C8CCC(=O)NC8=O)cc7)CC6)CC5)cc4NC3NC=N2)c(F)c1C. The van der Waals surface area contributed by atoms with E-state index in [-0.39, 0.29) is 29.7 Å². The van der Waals surface area contributed by atoms with Gasteiger partial charge in [-0.15, -0.1) is 0 Å². The fraction of sp³-hybridized carbons (Fsp3) is 0.439. The Kier molecular flexibility index (Phi) is 9.38. The summed E-state index contributed by atoms with van der Waals surface area (Å²) in [5.74, 6) is 0.486. The Morgan fingerprint density at radius 3 is 2.39 bits per heavy atom. The predicted octanol–water partition coefficient (Wildman–Crippen LogP) is 5.72. The van der Waals surface area contributed by atoms with Crippen LogP contribution in [0.1, 0.15) is 83.7 Å². The van der Waals surface area contributed by atoms with E-state index < -0.39 is 0 Å². The molecule has 4 N–H and O–H groups in total. The molecule has 2 unspecified atom stereocenters. The summed E-state index contributed by atoms with van der Waals surface area (Å²) in [5.41, 5.74) is 9.55. The van der Waals surface area contributed by atoms with Gasteiger partial charge in [0.2, 0.25) is 11.8 Å². The summed E-state index contributed by atoms with van der Waals surface area (Å²) in [4.78, 5) is 33.6. The minimum atomic E-state index is -0.221. The van der Waals surface area contributed by atoms with Gasteiger partial charge in [-0.05, 0) is 111 Å². The lowest BCUT2D eigenvalue weighted by molar-refractivity contribution is -0.134. The van der Waals surface area contributed by atoms with Crippen molar-refractivity contribution in [3.8, 4) is 0 Å². The summed E-state index contributed by atoms with van der Waals surface area (Å²) in [6, 6.07) is 19.1. The molecular weight excluding hydrogens is 641 g/mol. The number of rotatable bonds is 8. The number of aliphatic imine (C=N–C) groups is 1. The molecule has 2 atom stereocenters. The van der Waals surface area contributed by atoms with E-state index in [0.717, 1.165) is 73.5 Å². The van der Waals surface area contributed by atoms with Crippen molar-refractivity contribution in [1.82, 2.24) is 20.9 Å². The molecule has 3 fully saturated rings. The van der Waals surface area contributed by atoms with E-state index in [1.165, 1.54) is 24.1 Å². The zero-order valence-corrected chi connectivity index (χ0v) is 29.6. The topological polar surface area (TPSA) is 101 Å². The quantitative estimate of drug-likeness (QED) is 0.225. The molecule has 5 aliphatic heterocycles. The van der Waals surface area contributed by atoms with Crippen LogP contribution in [-0.2, 0) is 16.1 Å². The van der Waals surface area contributed by atoms with Crippen molar-refractivity contribution in [1.29, 1.82) is 0 Å². The Balaban J connectivity index is 0.855. The molecule has 2 amide bonds. The molecule has 5 heterocycles. The lowest BCUT2D eigenvalue weighted by Crippen LogP contribution is -2.41. The third kappa shape index (κ3) is 6.67. The third-order valence-corrected chi connectivity index (χ3v) is 11.8. The molecule has 0 saturated carbocycles. The van der Waals surface area contributed by atoms with Crippen molar-refractivity contribution in [2.45, 2.75) is 70.0 Å². The highest BCUT2D eigenvalue weighted by atomic mass is 19.1. The lowest BCUT2D eigenvalue weighted by atomic mass is 9.85. The number of carbonyl (C=O) groups excluding carboxylic acids is 2. The molecule has 9 nitrogen and oxygen atoms in total. The maximum Gasteiger partial charge on any atom is 0.234 e. The van der Waals surface area contributed by atoms with Crippen LogP contribution < -0.4 is 26.2 Å². The summed E-state index contributed by atoms with van der Waals surface area (Å²) in [5, 5.41) is 12.6. The second kappa shape index (κ2) is 14.2. The van der Waals surface area contributed by atoms with Crippen molar-refractivity contribution in [3.05, 3.63) is 93.8 Å². The lowest BCUT2D eigenvalue weighted by Gasteiger charge is -2.38. The van der Waals surface area contributed by atoms with Crippen molar-refractivity contribution < 1.29 is 14.0 Å². The number of hydrogen-bond donors (Lipinski definition) is 4. The Bertz CT molecular complexity index is 1870. The number of hydrogen-bond acceptors (Lipinski definition) is 8. The molecule has 10 heteroatoms. The van der Waals surface area contributed by atoms with Gasteiger partial charge in [-0.3, -0.25) is 14.9 Å². The molecule has 0 aromatic heterocycles. The van der Waals surface area contributed by atoms with Crippen molar-refractivity contribution in [2.24, 2.45) is 10.9 Å². The number of imide groups is 1. The van der Waals surface area contributed by atoms with Crippen LogP contribution in [0.3, 0.4) is 0 Å². The number of amides is 2. The first kappa shape index (κ1) is 33.6. The van der Waals surface area contributed by atoms with Gasteiger partial charge in [0.05, 0.1) is 18.0 Å². The summed E-state index contributed by atoms with van der Waals surface area (Å²) in [7, 11) is 1.87. The molecule has 3 saturated heterocycles. The van der Waals surface area contributed by atoms with E-state index in [0.29, 0.717) is 48.0 Å². The maximum absolute atomic E-state index is 15.7. The molecule has 8 rings (SSSR count). The Morgan fingerprint density at radius 2 is 1.65 bits per heavy atom. The third-order valence-electron chi connectivity index (χ3n) is 11.8. The van der Waals surface area contributed by atoms with Crippen LogP contribution in [0.15, 0.2) is 59.6 Å². The van der Waals surface area contributed by atoms with Crippen LogP contribution in [0, 0.1) is 18.7 Å². The van der Waals surface area contributed by atoms with Gasteiger partial charge >= 0.3 is 0 Å². The molecule has 5 aliphatic rings. The van der Waals surface area contributed by atoms with Gasteiger partial charge in [0.15, 0.2) is 0 Å². The van der Waals surface area contributed by atoms with Crippen LogP contribution in [0.5, 0.6) is 0 Å². The second-order valence-corrected chi connectivity index (χ2v) is 14.9. The molecule has 51 heavy (non-hydrogen) atoms. The molecule has 0 bridgehead atoms. The molecule has 0 spiro atoms. The Morgan fingerprint density at radius 1 is 0.902 bits per heavy atom. The van der Waals surface area contributed by atoms with Crippen molar-refractivity contribution in [2.75, 3.05) is 50.0 Å². The van der Waals surface area contributed by atoms with E-state index in [1.807, 2.05) is 26.1 Å². The molecular formula is C41H48FN7O2. The zero-order valence-electron chi connectivity index (χ0n) is 29.6. The van der Waals surface area contributed by atoms with Gasteiger partial charge in [0, 0.05) is 60.7 Å². The van der Waals surface area contributed by atoms with Crippen LogP contribution in [-0.4, -0.2) is 69.0 Å². The van der Waals surface area contributed by atoms with Crippen LogP contribution in [0.2, 0.25) is 0 Å². The molecule has 0 aliphatic carbocycles.